The summed E-state index contributed by atoms with van der Waals surface area (Å²) in [5.41, 5.74) is 6.16. The predicted molar refractivity (Wildman–Crippen MR) is 145 cm³/mol. The van der Waals surface area contributed by atoms with Gasteiger partial charge in [0.1, 0.15) is 0 Å². The van der Waals surface area contributed by atoms with Crippen molar-refractivity contribution in [3.8, 4) is 5.69 Å². The van der Waals surface area contributed by atoms with Gasteiger partial charge in [-0.3, -0.25) is 14.2 Å². The molecule has 1 fully saturated rings. The van der Waals surface area contributed by atoms with E-state index in [1.165, 1.54) is 11.8 Å². The van der Waals surface area contributed by atoms with E-state index in [-0.39, 0.29) is 23.2 Å². The lowest BCUT2D eigenvalue weighted by Gasteiger charge is -2.16. The first-order valence-corrected chi connectivity index (χ1v) is 13.4. The standard InChI is InChI=1S/C29H31N3O3S/c1-18-9-7-13-26(20(18)3)32-28(34)23-11-5-6-12-25(23)30-29(32)36-17-27(33)24-15-19(2)31(21(24)4)16-22-10-8-14-35-22/h5-7,9,11-13,15,22H,8,10,14,16-17H2,1-4H3. The third kappa shape index (κ3) is 4.53. The van der Waals surface area contributed by atoms with E-state index in [2.05, 4.69) is 4.57 Å². The molecule has 36 heavy (non-hydrogen) atoms. The number of ether oxygens (including phenoxy) is 1. The summed E-state index contributed by atoms with van der Waals surface area (Å²) in [7, 11) is 0. The molecule has 3 heterocycles. The largest absolute Gasteiger partial charge is 0.376 e. The van der Waals surface area contributed by atoms with Crippen LogP contribution in [0, 0.1) is 27.7 Å². The Labute approximate surface area is 215 Å². The second kappa shape index (κ2) is 10.1. The van der Waals surface area contributed by atoms with E-state index in [0.717, 1.165) is 59.8 Å². The molecule has 0 radical (unpaired) electrons. The molecule has 6 nitrogen and oxygen atoms in total. The molecule has 4 aromatic rings. The van der Waals surface area contributed by atoms with E-state index in [4.69, 9.17) is 9.72 Å². The molecule has 1 aliphatic heterocycles. The van der Waals surface area contributed by atoms with Gasteiger partial charge in [0.15, 0.2) is 10.9 Å². The van der Waals surface area contributed by atoms with Crippen LogP contribution in [0.1, 0.15) is 45.7 Å². The smallest absolute Gasteiger partial charge is 0.266 e. The summed E-state index contributed by atoms with van der Waals surface area (Å²) in [6.45, 7) is 9.66. The van der Waals surface area contributed by atoms with Crippen molar-refractivity contribution in [1.29, 1.82) is 0 Å². The number of aryl methyl sites for hydroxylation is 2. The van der Waals surface area contributed by atoms with E-state index in [9.17, 15) is 9.59 Å². The molecule has 2 aromatic heterocycles. The van der Waals surface area contributed by atoms with E-state index in [1.807, 2.05) is 70.2 Å². The molecule has 0 bridgehead atoms. The zero-order valence-corrected chi connectivity index (χ0v) is 22.0. The number of hydrogen-bond donors (Lipinski definition) is 0. The number of hydrogen-bond acceptors (Lipinski definition) is 5. The average Bonchev–Trinajstić information content (AvgIpc) is 3.49. The molecule has 7 heteroatoms. The third-order valence-electron chi connectivity index (χ3n) is 7.18. The normalized spacial score (nSPS) is 15.6. The summed E-state index contributed by atoms with van der Waals surface area (Å²) in [4.78, 5) is 31.8. The minimum absolute atomic E-state index is 0.0293. The lowest BCUT2D eigenvalue weighted by molar-refractivity contribution is 0.0957. The number of nitrogens with zero attached hydrogens (tertiary/aromatic N) is 3. The monoisotopic (exact) mass is 501 g/mol. The van der Waals surface area contributed by atoms with Crippen molar-refractivity contribution >= 4 is 28.4 Å². The molecular weight excluding hydrogens is 470 g/mol. The second-order valence-corrected chi connectivity index (χ2v) is 10.5. The summed E-state index contributed by atoms with van der Waals surface area (Å²) in [5.74, 6) is 0.224. The van der Waals surface area contributed by atoms with Crippen LogP contribution < -0.4 is 5.56 Å². The fraction of sp³-hybridized carbons (Fsp3) is 0.345. The SMILES string of the molecule is Cc1cccc(-n2c(SCC(=O)c3cc(C)n(CC4CCCO4)c3C)nc3ccccc3c2=O)c1C. The fourth-order valence-corrected chi connectivity index (χ4v) is 5.85. The van der Waals surface area contributed by atoms with Crippen LogP contribution in [0.3, 0.4) is 0 Å². The number of para-hydroxylation sites is 1. The lowest BCUT2D eigenvalue weighted by Crippen LogP contribution is -2.23. The number of rotatable bonds is 7. The Balaban J connectivity index is 1.48. The number of ketones is 1. The van der Waals surface area contributed by atoms with E-state index in [0.29, 0.717) is 16.1 Å². The number of thioether (sulfide) groups is 1. The van der Waals surface area contributed by atoms with E-state index in [1.54, 1.807) is 10.6 Å². The van der Waals surface area contributed by atoms with Gasteiger partial charge in [0, 0.05) is 30.1 Å². The molecule has 186 valence electrons. The molecule has 1 atom stereocenters. The Morgan fingerprint density at radius 1 is 1.11 bits per heavy atom. The number of carbonyl (C=O) groups excluding carboxylic acids is 1. The fourth-order valence-electron chi connectivity index (χ4n) is 4.96. The summed E-state index contributed by atoms with van der Waals surface area (Å²) in [6, 6.07) is 15.2. The summed E-state index contributed by atoms with van der Waals surface area (Å²) in [6.07, 6.45) is 2.36. The molecule has 1 aliphatic rings. The number of aromatic nitrogens is 3. The molecule has 0 saturated carbocycles. The highest BCUT2D eigenvalue weighted by Crippen LogP contribution is 2.27. The number of benzene rings is 2. The van der Waals surface area contributed by atoms with Gasteiger partial charge in [-0.05, 0) is 75.9 Å². The molecule has 0 aliphatic carbocycles. The van der Waals surface area contributed by atoms with Crippen LogP contribution in [0.4, 0.5) is 0 Å². The van der Waals surface area contributed by atoms with Gasteiger partial charge in [-0.15, -0.1) is 0 Å². The van der Waals surface area contributed by atoms with Crippen molar-refractivity contribution in [1.82, 2.24) is 14.1 Å². The summed E-state index contributed by atoms with van der Waals surface area (Å²) >= 11 is 1.31. The quantitative estimate of drug-likeness (QED) is 0.188. The lowest BCUT2D eigenvalue weighted by atomic mass is 10.1. The maximum Gasteiger partial charge on any atom is 0.266 e. The number of carbonyl (C=O) groups is 1. The Morgan fingerprint density at radius 2 is 1.92 bits per heavy atom. The maximum absolute atomic E-state index is 13.6. The zero-order chi connectivity index (χ0) is 25.4. The molecule has 0 spiro atoms. The second-order valence-electron chi connectivity index (χ2n) is 9.51. The van der Waals surface area contributed by atoms with Crippen molar-refractivity contribution in [2.45, 2.75) is 58.3 Å². The van der Waals surface area contributed by atoms with Crippen LogP contribution in [-0.4, -0.2) is 38.4 Å². The van der Waals surface area contributed by atoms with Gasteiger partial charge in [0.25, 0.3) is 5.56 Å². The van der Waals surface area contributed by atoms with Crippen LogP contribution in [0.2, 0.25) is 0 Å². The minimum Gasteiger partial charge on any atom is -0.376 e. The predicted octanol–water partition coefficient (Wildman–Crippen LogP) is 5.57. The van der Waals surface area contributed by atoms with Crippen molar-refractivity contribution < 1.29 is 9.53 Å². The molecule has 5 rings (SSSR count). The van der Waals surface area contributed by atoms with Gasteiger partial charge in [0.05, 0.1) is 28.4 Å². The minimum atomic E-state index is -0.126. The van der Waals surface area contributed by atoms with Crippen molar-refractivity contribution in [3.63, 3.8) is 0 Å². The highest BCUT2D eigenvalue weighted by molar-refractivity contribution is 7.99. The van der Waals surface area contributed by atoms with Crippen LogP contribution in [0.5, 0.6) is 0 Å². The Hall–Kier alpha value is -3.16. The first-order valence-electron chi connectivity index (χ1n) is 12.4. The third-order valence-corrected chi connectivity index (χ3v) is 8.12. The first-order chi connectivity index (χ1) is 17.3. The number of fused-ring (bicyclic) bond motifs is 1. The van der Waals surface area contributed by atoms with Crippen LogP contribution in [0.25, 0.3) is 16.6 Å². The van der Waals surface area contributed by atoms with Crippen molar-refractivity contribution in [2.75, 3.05) is 12.4 Å². The molecule has 0 amide bonds. The van der Waals surface area contributed by atoms with E-state index < -0.39 is 0 Å². The Morgan fingerprint density at radius 3 is 2.69 bits per heavy atom. The van der Waals surface area contributed by atoms with Gasteiger partial charge in [0.2, 0.25) is 0 Å². The molecule has 2 aromatic carbocycles. The Bertz CT molecular complexity index is 1510. The highest BCUT2D eigenvalue weighted by atomic mass is 32.2. The Kier molecular flexibility index (Phi) is 6.86. The highest BCUT2D eigenvalue weighted by Gasteiger charge is 2.22. The van der Waals surface area contributed by atoms with Gasteiger partial charge in [-0.2, -0.15) is 0 Å². The van der Waals surface area contributed by atoms with Gasteiger partial charge >= 0.3 is 0 Å². The van der Waals surface area contributed by atoms with Crippen molar-refractivity contribution in [2.24, 2.45) is 0 Å². The average molecular weight is 502 g/mol. The summed E-state index contributed by atoms with van der Waals surface area (Å²) < 4.78 is 9.66. The van der Waals surface area contributed by atoms with Gasteiger partial charge in [-0.25, -0.2) is 4.98 Å². The molecule has 1 saturated heterocycles. The maximum atomic E-state index is 13.6. The van der Waals surface area contributed by atoms with Crippen LogP contribution in [-0.2, 0) is 11.3 Å². The van der Waals surface area contributed by atoms with Crippen LogP contribution >= 0.6 is 11.8 Å². The first kappa shape index (κ1) is 24.5. The van der Waals surface area contributed by atoms with Crippen molar-refractivity contribution in [3.05, 3.63) is 87.0 Å². The van der Waals surface area contributed by atoms with Gasteiger partial charge < -0.3 is 9.30 Å². The zero-order valence-electron chi connectivity index (χ0n) is 21.2. The molecular formula is C29H31N3O3S. The van der Waals surface area contributed by atoms with Crippen LogP contribution in [0.15, 0.2) is 58.5 Å². The molecule has 0 N–H and O–H groups in total. The summed E-state index contributed by atoms with van der Waals surface area (Å²) in [5, 5.41) is 1.08. The van der Waals surface area contributed by atoms with E-state index >= 15 is 0 Å². The van der Waals surface area contributed by atoms with Gasteiger partial charge in [-0.1, -0.05) is 36.0 Å². The number of Topliss-reactive ketones (excluding diaryl/α,β-unsaturated/α-hetero) is 1. The molecule has 1 unspecified atom stereocenters. The topological polar surface area (TPSA) is 66.1 Å².